The molecule has 3 aromatic heterocycles. The summed E-state index contributed by atoms with van der Waals surface area (Å²) in [7, 11) is 1.83. The Hall–Kier alpha value is -3.03. The van der Waals surface area contributed by atoms with Crippen molar-refractivity contribution in [3.63, 3.8) is 0 Å². The van der Waals surface area contributed by atoms with E-state index >= 15 is 0 Å². The molecule has 5 rings (SSSR count). The van der Waals surface area contributed by atoms with Gasteiger partial charge in [-0.25, -0.2) is 19.5 Å². The Morgan fingerprint density at radius 3 is 2.76 bits per heavy atom. The van der Waals surface area contributed by atoms with Crippen LogP contribution in [0.25, 0.3) is 5.65 Å². The minimum atomic E-state index is 0.149. The molecule has 1 fully saturated rings. The standard InChI is InChI=1S/C21H25N7O/c1-14-10-18-23-13-24-28(18)12-16(14)26-20-22-11-17-15(25-20)4-8-21(6-3-7-21)9-5-19(29)27(17)2/h10-13H,3-9H2,1-2H3,(H,22,25,26). The lowest BCUT2D eigenvalue weighted by Gasteiger charge is -2.42. The lowest BCUT2D eigenvalue weighted by molar-refractivity contribution is -0.119. The predicted octanol–water partition coefficient (Wildman–Crippen LogP) is 3.43. The monoisotopic (exact) mass is 391 g/mol. The number of carbonyl (C=O) groups is 1. The summed E-state index contributed by atoms with van der Waals surface area (Å²) in [6, 6.07) is 1.97. The van der Waals surface area contributed by atoms with Crippen LogP contribution in [0.2, 0.25) is 0 Å². The van der Waals surface area contributed by atoms with Gasteiger partial charge in [0.1, 0.15) is 6.33 Å². The van der Waals surface area contributed by atoms with Gasteiger partial charge in [-0.15, -0.1) is 0 Å². The second kappa shape index (κ2) is 6.79. The first-order valence-electron chi connectivity index (χ1n) is 10.2. The van der Waals surface area contributed by atoms with Crippen LogP contribution in [0.4, 0.5) is 17.3 Å². The van der Waals surface area contributed by atoms with Gasteiger partial charge in [0, 0.05) is 13.5 Å². The van der Waals surface area contributed by atoms with Crippen LogP contribution >= 0.6 is 0 Å². The average Bonchev–Trinajstić information content (AvgIpc) is 3.14. The van der Waals surface area contributed by atoms with Crippen LogP contribution < -0.4 is 10.2 Å². The quantitative estimate of drug-likeness (QED) is 0.720. The van der Waals surface area contributed by atoms with Crippen molar-refractivity contribution in [2.45, 2.75) is 51.9 Å². The van der Waals surface area contributed by atoms with E-state index in [0.717, 1.165) is 47.5 Å². The first kappa shape index (κ1) is 18.0. The van der Waals surface area contributed by atoms with Gasteiger partial charge in [-0.05, 0) is 56.1 Å². The molecule has 3 aromatic rings. The Morgan fingerprint density at radius 2 is 1.97 bits per heavy atom. The number of anilines is 3. The zero-order chi connectivity index (χ0) is 20.0. The average molecular weight is 391 g/mol. The summed E-state index contributed by atoms with van der Waals surface area (Å²) in [5.41, 5.74) is 4.80. The fraction of sp³-hybridized carbons (Fsp3) is 0.476. The van der Waals surface area contributed by atoms with E-state index in [4.69, 9.17) is 4.98 Å². The van der Waals surface area contributed by atoms with Crippen molar-refractivity contribution in [3.05, 3.63) is 36.0 Å². The van der Waals surface area contributed by atoms with Crippen LogP contribution in [-0.4, -0.2) is 37.5 Å². The van der Waals surface area contributed by atoms with E-state index in [1.165, 1.54) is 25.6 Å². The molecule has 1 N–H and O–H groups in total. The third-order valence-corrected chi connectivity index (χ3v) is 6.63. The number of nitrogens with one attached hydrogen (secondary N) is 1. The maximum absolute atomic E-state index is 12.7. The highest BCUT2D eigenvalue weighted by Crippen LogP contribution is 2.49. The molecule has 0 radical (unpaired) electrons. The molecule has 4 heterocycles. The summed E-state index contributed by atoms with van der Waals surface area (Å²) in [6.07, 6.45) is 12.5. The largest absolute Gasteiger partial charge is 0.323 e. The van der Waals surface area contributed by atoms with Gasteiger partial charge in [0.2, 0.25) is 11.9 Å². The summed E-state index contributed by atoms with van der Waals surface area (Å²) < 4.78 is 1.72. The highest BCUT2D eigenvalue weighted by atomic mass is 16.2. The van der Waals surface area contributed by atoms with E-state index in [9.17, 15) is 4.79 Å². The molecule has 0 atom stereocenters. The van der Waals surface area contributed by atoms with Crippen molar-refractivity contribution in [2.24, 2.45) is 5.41 Å². The molecule has 29 heavy (non-hydrogen) atoms. The topological polar surface area (TPSA) is 88.3 Å². The molecule has 150 valence electrons. The zero-order valence-electron chi connectivity index (χ0n) is 16.9. The normalized spacial score (nSPS) is 18.7. The SMILES string of the molecule is Cc1cc2ncnn2cc1Nc1ncc2c(n1)CCC1(CCC1)CCC(=O)N2C. The number of hydrogen-bond donors (Lipinski definition) is 1. The Balaban J connectivity index is 1.47. The predicted molar refractivity (Wildman–Crippen MR) is 110 cm³/mol. The number of aryl methyl sites for hydroxylation is 2. The van der Waals surface area contributed by atoms with E-state index in [1.54, 1.807) is 15.6 Å². The molecule has 0 aromatic carbocycles. The third kappa shape index (κ3) is 3.22. The molecule has 2 aliphatic rings. The lowest BCUT2D eigenvalue weighted by Crippen LogP contribution is -2.32. The Labute approximate surface area is 169 Å². The van der Waals surface area contributed by atoms with Gasteiger partial charge in [0.15, 0.2) is 5.65 Å². The Kier molecular flexibility index (Phi) is 4.22. The maximum Gasteiger partial charge on any atom is 0.227 e. The van der Waals surface area contributed by atoms with Crippen LogP contribution in [0.3, 0.4) is 0 Å². The van der Waals surface area contributed by atoms with E-state index in [0.29, 0.717) is 17.8 Å². The number of fused-ring (bicyclic) bond motifs is 2. The number of hydrogen-bond acceptors (Lipinski definition) is 6. The van der Waals surface area contributed by atoms with Crippen molar-refractivity contribution in [1.29, 1.82) is 0 Å². The smallest absolute Gasteiger partial charge is 0.227 e. The molecule has 1 aliphatic carbocycles. The molecule has 0 unspecified atom stereocenters. The summed E-state index contributed by atoms with van der Waals surface area (Å²) in [6.45, 7) is 2.02. The van der Waals surface area contributed by atoms with Gasteiger partial charge in [0.25, 0.3) is 0 Å². The van der Waals surface area contributed by atoms with E-state index in [2.05, 4.69) is 20.4 Å². The van der Waals surface area contributed by atoms with E-state index in [1.807, 2.05) is 26.2 Å². The number of amides is 1. The summed E-state index contributed by atoms with van der Waals surface area (Å²) in [5, 5.41) is 7.51. The summed E-state index contributed by atoms with van der Waals surface area (Å²) in [4.78, 5) is 27.9. The molecule has 1 saturated carbocycles. The van der Waals surface area contributed by atoms with E-state index < -0.39 is 0 Å². The molecule has 8 nitrogen and oxygen atoms in total. The summed E-state index contributed by atoms with van der Waals surface area (Å²) >= 11 is 0. The third-order valence-electron chi connectivity index (χ3n) is 6.63. The Bertz CT molecular complexity index is 1090. The number of rotatable bonds is 2. The minimum Gasteiger partial charge on any atom is -0.323 e. The Morgan fingerprint density at radius 1 is 1.14 bits per heavy atom. The van der Waals surface area contributed by atoms with Crippen molar-refractivity contribution >= 4 is 28.9 Å². The van der Waals surface area contributed by atoms with Gasteiger partial charge in [-0.2, -0.15) is 5.10 Å². The second-order valence-electron chi connectivity index (χ2n) is 8.39. The van der Waals surface area contributed by atoms with Crippen LogP contribution in [0.15, 0.2) is 24.8 Å². The van der Waals surface area contributed by atoms with Crippen LogP contribution in [0.5, 0.6) is 0 Å². The van der Waals surface area contributed by atoms with Crippen molar-refractivity contribution < 1.29 is 4.79 Å². The molecule has 0 bridgehead atoms. The zero-order valence-corrected chi connectivity index (χ0v) is 16.9. The highest BCUT2D eigenvalue weighted by Gasteiger charge is 2.38. The minimum absolute atomic E-state index is 0.149. The highest BCUT2D eigenvalue weighted by molar-refractivity contribution is 5.93. The first-order chi connectivity index (χ1) is 14.0. The maximum atomic E-state index is 12.7. The summed E-state index contributed by atoms with van der Waals surface area (Å²) in [5.74, 6) is 0.685. The number of pyridine rings is 1. The van der Waals surface area contributed by atoms with Gasteiger partial charge >= 0.3 is 0 Å². The van der Waals surface area contributed by atoms with Gasteiger partial charge in [-0.1, -0.05) is 6.42 Å². The molecule has 1 aliphatic heterocycles. The van der Waals surface area contributed by atoms with Crippen LogP contribution in [-0.2, 0) is 11.2 Å². The fourth-order valence-corrected chi connectivity index (χ4v) is 4.50. The molecule has 8 heteroatoms. The van der Waals surface area contributed by atoms with Crippen molar-refractivity contribution in [1.82, 2.24) is 24.6 Å². The van der Waals surface area contributed by atoms with Gasteiger partial charge in [0.05, 0.1) is 29.5 Å². The van der Waals surface area contributed by atoms with Crippen molar-refractivity contribution in [2.75, 3.05) is 17.3 Å². The number of aromatic nitrogens is 5. The number of carbonyl (C=O) groups excluding carboxylic acids is 1. The fourth-order valence-electron chi connectivity index (χ4n) is 4.50. The van der Waals surface area contributed by atoms with Crippen molar-refractivity contribution in [3.8, 4) is 0 Å². The van der Waals surface area contributed by atoms with E-state index in [-0.39, 0.29) is 5.91 Å². The lowest BCUT2D eigenvalue weighted by atomic mass is 9.63. The van der Waals surface area contributed by atoms with Gasteiger partial charge < -0.3 is 10.2 Å². The van der Waals surface area contributed by atoms with Crippen LogP contribution in [0, 0.1) is 12.3 Å². The second-order valence-corrected chi connectivity index (χ2v) is 8.39. The molecular formula is C21H25N7O. The van der Waals surface area contributed by atoms with Crippen LogP contribution in [0.1, 0.15) is 49.8 Å². The molecule has 1 amide bonds. The molecule has 0 saturated heterocycles. The van der Waals surface area contributed by atoms with Gasteiger partial charge in [-0.3, -0.25) is 4.79 Å². The molecular weight excluding hydrogens is 366 g/mol. The first-order valence-corrected chi connectivity index (χ1v) is 10.2. The number of nitrogens with zero attached hydrogens (tertiary/aromatic N) is 6. The molecule has 1 spiro atoms.